The number of carboxylic acid groups (broad SMARTS) is 1. The van der Waals surface area contributed by atoms with Crippen LogP contribution in [0.3, 0.4) is 0 Å². The van der Waals surface area contributed by atoms with Gasteiger partial charge in [-0.1, -0.05) is 36.0 Å². The number of nitrogens with zero attached hydrogens (tertiary/aromatic N) is 2. The van der Waals surface area contributed by atoms with E-state index in [2.05, 4.69) is 49.3 Å². The maximum Gasteiger partial charge on any atom is 0.313 e. The Labute approximate surface area is 178 Å². The Morgan fingerprint density at radius 1 is 1.34 bits per heavy atom. The van der Waals surface area contributed by atoms with Crippen LogP contribution in [0.4, 0.5) is 0 Å². The molecule has 0 unspecified atom stereocenters. The van der Waals surface area contributed by atoms with Crippen molar-refractivity contribution in [2.45, 2.75) is 11.6 Å². The number of aromatic nitrogens is 3. The predicted molar refractivity (Wildman–Crippen MR) is 113 cm³/mol. The van der Waals surface area contributed by atoms with Gasteiger partial charge in [0, 0.05) is 18.1 Å². The van der Waals surface area contributed by atoms with E-state index in [0.29, 0.717) is 22.5 Å². The maximum absolute atomic E-state index is 10.7. The average molecular weight is 474 g/mol. The standard InChI is InChI=1S/C20H16BrN3O4S/c1-27-14-6-4-11-2-3-13(8-12(11)5-7-14)18-15(21)9-16(28-18)19-22-20(24-23-19)29-10-17(25)26/h2-5,7-9H,6,10H2,1H3,(H,25,26)(H,22,23,24). The van der Waals surface area contributed by atoms with E-state index in [1.807, 2.05) is 24.3 Å². The zero-order valence-corrected chi connectivity index (χ0v) is 17.7. The summed E-state index contributed by atoms with van der Waals surface area (Å²) in [4.78, 5) is 15.0. The van der Waals surface area contributed by atoms with Crippen molar-refractivity contribution in [3.63, 3.8) is 0 Å². The minimum absolute atomic E-state index is 0.105. The molecular weight excluding hydrogens is 458 g/mol. The van der Waals surface area contributed by atoms with Crippen molar-refractivity contribution >= 4 is 45.8 Å². The second kappa shape index (κ2) is 8.30. The third-order valence-corrected chi connectivity index (χ3v) is 5.71. The Morgan fingerprint density at radius 2 is 2.21 bits per heavy atom. The van der Waals surface area contributed by atoms with Gasteiger partial charge in [0.1, 0.15) is 5.76 Å². The highest BCUT2D eigenvalue weighted by Crippen LogP contribution is 2.34. The highest BCUT2D eigenvalue weighted by molar-refractivity contribution is 9.10. The number of allylic oxidation sites excluding steroid dienone is 2. The lowest BCUT2D eigenvalue weighted by Gasteiger charge is -1.99. The Kier molecular flexibility index (Phi) is 5.59. The fourth-order valence-electron chi connectivity index (χ4n) is 2.89. The number of rotatable bonds is 6. The summed E-state index contributed by atoms with van der Waals surface area (Å²) in [5, 5.41) is 18.1. The van der Waals surface area contributed by atoms with Gasteiger partial charge in [0.15, 0.2) is 11.6 Å². The number of carboxylic acids is 1. The highest BCUT2D eigenvalue weighted by Gasteiger charge is 2.16. The van der Waals surface area contributed by atoms with Crippen LogP contribution in [0.5, 0.6) is 0 Å². The van der Waals surface area contributed by atoms with Gasteiger partial charge in [0.05, 0.1) is 23.1 Å². The number of benzene rings is 1. The van der Waals surface area contributed by atoms with Crippen LogP contribution in [0.25, 0.3) is 35.1 Å². The first-order valence-electron chi connectivity index (χ1n) is 8.65. The lowest BCUT2D eigenvalue weighted by atomic mass is 10.1. The van der Waals surface area contributed by atoms with Gasteiger partial charge in [-0.05, 0) is 38.5 Å². The number of aliphatic carboxylic acids is 1. The molecule has 0 spiro atoms. The van der Waals surface area contributed by atoms with E-state index in [1.165, 1.54) is 0 Å². The monoisotopic (exact) mass is 473 g/mol. The van der Waals surface area contributed by atoms with E-state index >= 15 is 0 Å². The van der Waals surface area contributed by atoms with Crippen molar-refractivity contribution < 1.29 is 19.1 Å². The van der Waals surface area contributed by atoms with Crippen molar-refractivity contribution in [3.05, 3.63) is 51.0 Å². The van der Waals surface area contributed by atoms with Crippen LogP contribution in [0, 0.1) is 0 Å². The molecule has 4 rings (SSSR count). The molecule has 29 heavy (non-hydrogen) atoms. The largest absolute Gasteiger partial charge is 0.501 e. The summed E-state index contributed by atoms with van der Waals surface area (Å²) in [7, 11) is 1.67. The molecule has 0 bridgehead atoms. The number of ether oxygens (including phenoxy) is 1. The molecule has 0 atom stereocenters. The SMILES string of the molecule is COC1=CC=c2cc(-c3oc(-c4nc(SCC(=O)O)n[nH]4)cc3Br)ccc2=CC1. The minimum Gasteiger partial charge on any atom is -0.501 e. The van der Waals surface area contributed by atoms with Gasteiger partial charge in [0.25, 0.3) is 0 Å². The summed E-state index contributed by atoms with van der Waals surface area (Å²) in [6, 6.07) is 7.93. The van der Waals surface area contributed by atoms with Crippen molar-refractivity contribution in [2.75, 3.05) is 12.9 Å². The summed E-state index contributed by atoms with van der Waals surface area (Å²) < 4.78 is 12.1. The fourth-order valence-corrected chi connectivity index (χ4v) is 3.93. The highest BCUT2D eigenvalue weighted by atomic mass is 79.9. The average Bonchev–Trinajstić information content (AvgIpc) is 3.27. The van der Waals surface area contributed by atoms with Crippen molar-refractivity contribution in [1.29, 1.82) is 0 Å². The molecule has 0 fully saturated rings. The van der Waals surface area contributed by atoms with E-state index in [0.717, 1.165) is 44.4 Å². The molecule has 0 amide bonds. The molecule has 0 aliphatic heterocycles. The molecule has 9 heteroatoms. The number of hydrogen-bond acceptors (Lipinski definition) is 6. The summed E-state index contributed by atoms with van der Waals surface area (Å²) in [6.07, 6.45) is 6.88. The maximum atomic E-state index is 10.7. The van der Waals surface area contributed by atoms with E-state index in [-0.39, 0.29) is 5.75 Å². The minimum atomic E-state index is -0.922. The molecule has 1 aromatic carbocycles. The zero-order valence-electron chi connectivity index (χ0n) is 15.3. The first kappa shape index (κ1) is 19.5. The lowest BCUT2D eigenvalue weighted by molar-refractivity contribution is -0.133. The molecule has 1 aliphatic rings. The van der Waals surface area contributed by atoms with Crippen LogP contribution >= 0.6 is 27.7 Å². The van der Waals surface area contributed by atoms with Crippen molar-refractivity contribution in [2.24, 2.45) is 0 Å². The van der Waals surface area contributed by atoms with Crippen LogP contribution in [-0.4, -0.2) is 39.1 Å². The van der Waals surface area contributed by atoms with Gasteiger partial charge in [-0.3, -0.25) is 9.89 Å². The Bertz CT molecular complexity index is 1230. The molecule has 0 saturated carbocycles. The van der Waals surface area contributed by atoms with E-state index in [9.17, 15) is 4.79 Å². The molecule has 1 aliphatic carbocycles. The smallest absolute Gasteiger partial charge is 0.313 e. The molecule has 7 nitrogen and oxygen atoms in total. The number of H-pyrrole nitrogens is 1. The third-order valence-electron chi connectivity index (χ3n) is 4.29. The van der Waals surface area contributed by atoms with Gasteiger partial charge >= 0.3 is 5.97 Å². The van der Waals surface area contributed by atoms with E-state index in [1.54, 1.807) is 7.11 Å². The number of fused-ring (bicyclic) bond motifs is 1. The van der Waals surface area contributed by atoms with Crippen LogP contribution in [0.15, 0.2) is 50.1 Å². The van der Waals surface area contributed by atoms with Crippen LogP contribution < -0.4 is 10.4 Å². The van der Waals surface area contributed by atoms with Crippen LogP contribution in [0.2, 0.25) is 0 Å². The van der Waals surface area contributed by atoms with Gasteiger partial charge < -0.3 is 14.3 Å². The molecule has 2 heterocycles. The first-order valence-corrected chi connectivity index (χ1v) is 10.4. The molecule has 2 aromatic heterocycles. The number of nitrogens with one attached hydrogen (secondary N) is 1. The fraction of sp³-hybridized carbons (Fsp3) is 0.150. The molecule has 2 N–H and O–H groups in total. The van der Waals surface area contributed by atoms with E-state index in [4.69, 9.17) is 14.3 Å². The number of aromatic amines is 1. The molecule has 0 saturated heterocycles. The molecule has 0 radical (unpaired) electrons. The van der Waals surface area contributed by atoms with Crippen LogP contribution in [0.1, 0.15) is 6.42 Å². The number of halogens is 1. The number of carbonyl (C=O) groups is 1. The topological polar surface area (TPSA) is 101 Å². The molecular formula is C20H16BrN3O4S. The predicted octanol–water partition coefficient (Wildman–Crippen LogP) is 3.17. The number of thioether (sulfide) groups is 1. The lowest BCUT2D eigenvalue weighted by Crippen LogP contribution is -2.23. The summed E-state index contributed by atoms with van der Waals surface area (Å²) in [5.74, 6) is 1.50. The second-order valence-electron chi connectivity index (χ2n) is 6.19. The van der Waals surface area contributed by atoms with Crippen molar-refractivity contribution in [3.8, 4) is 22.9 Å². The Hall–Kier alpha value is -2.78. The van der Waals surface area contributed by atoms with Gasteiger partial charge in [0.2, 0.25) is 5.16 Å². The molecule has 148 valence electrons. The third kappa shape index (κ3) is 4.30. The van der Waals surface area contributed by atoms with Crippen molar-refractivity contribution in [1.82, 2.24) is 15.2 Å². The van der Waals surface area contributed by atoms with Crippen LogP contribution in [-0.2, 0) is 9.53 Å². The molecule has 3 aromatic rings. The second-order valence-corrected chi connectivity index (χ2v) is 7.99. The zero-order chi connectivity index (χ0) is 20.4. The Morgan fingerprint density at radius 3 is 3.00 bits per heavy atom. The number of hydrogen-bond donors (Lipinski definition) is 2. The summed E-state index contributed by atoms with van der Waals surface area (Å²) in [5.41, 5.74) is 0.917. The van der Waals surface area contributed by atoms with Gasteiger partial charge in [-0.2, -0.15) is 4.98 Å². The van der Waals surface area contributed by atoms with E-state index < -0.39 is 5.97 Å². The first-order chi connectivity index (χ1) is 14.0. The van der Waals surface area contributed by atoms with Gasteiger partial charge in [-0.15, -0.1) is 5.10 Å². The normalized spacial score (nSPS) is 13.0. The Balaban J connectivity index is 1.66. The number of furan rings is 1. The summed E-state index contributed by atoms with van der Waals surface area (Å²) >= 11 is 4.59. The number of methoxy groups -OCH3 is 1. The van der Waals surface area contributed by atoms with Gasteiger partial charge in [-0.25, -0.2) is 0 Å². The quantitative estimate of drug-likeness (QED) is 0.530. The summed E-state index contributed by atoms with van der Waals surface area (Å²) in [6.45, 7) is 0.